The molecule has 7 nitrogen and oxygen atoms in total. The molecule has 2 aromatic heterocycles. The van der Waals surface area contributed by atoms with Gasteiger partial charge in [0.1, 0.15) is 11.9 Å². The quantitative estimate of drug-likeness (QED) is 0.754. The molecular formula is C21H25N5O2. The molecule has 2 N–H and O–H groups in total. The Balaban J connectivity index is 1.44. The van der Waals surface area contributed by atoms with Crippen molar-refractivity contribution in [2.75, 3.05) is 31.2 Å². The van der Waals surface area contributed by atoms with Gasteiger partial charge in [0.05, 0.1) is 12.8 Å². The van der Waals surface area contributed by atoms with Crippen molar-refractivity contribution in [1.29, 1.82) is 0 Å². The minimum Gasteiger partial charge on any atom is -0.484 e. The number of pyridine rings is 1. The summed E-state index contributed by atoms with van der Waals surface area (Å²) in [6, 6.07) is 12.3. The predicted molar refractivity (Wildman–Crippen MR) is 107 cm³/mol. The molecule has 1 fully saturated rings. The van der Waals surface area contributed by atoms with Crippen LogP contribution in [-0.2, 0) is 4.74 Å². The number of fused-ring (bicyclic) bond motifs is 2. The van der Waals surface area contributed by atoms with E-state index >= 15 is 0 Å². The average molecular weight is 379 g/mol. The highest BCUT2D eigenvalue weighted by Crippen LogP contribution is 2.37. The number of hydrogen-bond donors (Lipinski definition) is 1. The Hall–Kier alpha value is -2.64. The fourth-order valence-electron chi connectivity index (χ4n) is 4.16. The average Bonchev–Trinajstić information content (AvgIpc) is 2.95. The van der Waals surface area contributed by atoms with Crippen molar-refractivity contribution >= 4 is 11.6 Å². The van der Waals surface area contributed by atoms with Gasteiger partial charge in [0.2, 0.25) is 5.95 Å². The standard InChI is InChI=1S/C21H25N5O2/c22-18-7-8-19(17-5-2-1-4-16(17)18)28-15-6-9-20-23-24-21(26(20)14-15)25-10-3-12-27-13-11-25/h1-2,4-6,9,14,18-19H,3,7-8,10-13,22H2. The van der Waals surface area contributed by atoms with Gasteiger partial charge in [-0.15, -0.1) is 10.2 Å². The molecule has 2 aliphatic rings. The maximum Gasteiger partial charge on any atom is 0.231 e. The molecule has 0 spiro atoms. The molecule has 1 aliphatic carbocycles. The van der Waals surface area contributed by atoms with Gasteiger partial charge in [-0.25, -0.2) is 0 Å². The van der Waals surface area contributed by atoms with E-state index in [1.165, 1.54) is 11.1 Å². The maximum atomic E-state index is 6.40. The highest BCUT2D eigenvalue weighted by molar-refractivity contribution is 5.49. The largest absolute Gasteiger partial charge is 0.484 e. The van der Waals surface area contributed by atoms with E-state index in [4.69, 9.17) is 15.2 Å². The molecule has 0 saturated carbocycles. The van der Waals surface area contributed by atoms with Gasteiger partial charge in [-0.1, -0.05) is 24.3 Å². The lowest BCUT2D eigenvalue weighted by molar-refractivity contribution is 0.152. The second kappa shape index (κ2) is 7.41. The van der Waals surface area contributed by atoms with Crippen molar-refractivity contribution in [2.24, 2.45) is 5.73 Å². The molecule has 2 atom stereocenters. The summed E-state index contributed by atoms with van der Waals surface area (Å²) in [6.45, 7) is 3.24. The van der Waals surface area contributed by atoms with Gasteiger partial charge in [0, 0.05) is 25.7 Å². The van der Waals surface area contributed by atoms with Crippen LogP contribution >= 0.6 is 0 Å². The van der Waals surface area contributed by atoms with Gasteiger partial charge < -0.3 is 20.1 Å². The molecule has 1 aromatic carbocycles. The van der Waals surface area contributed by atoms with Crippen LogP contribution in [0.2, 0.25) is 0 Å². The third kappa shape index (κ3) is 3.21. The van der Waals surface area contributed by atoms with Crippen LogP contribution in [0.3, 0.4) is 0 Å². The summed E-state index contributed by atoms with van der Waals surface area (Å²) in [5.74, 6) is 1.66. The number of nitrogens with two attached hydrogens (primary N) is 1. The number of hydrogen-bond acceptors (Lipinski definition) is 6. The molecule has 146 valence electrons. The molecule has 0 radical (unpaired) electrons. The molecule has 28 heavy (non-hydrogen) atoms. The zero-order valence-electron chi connectivity index (χ0n) is 15.8. The number of rotatable bonds is 3. The van der Waals surface area contributed by atoms with Gasteiger partial charge in [-0.2, -0.15) is 0 Å². The van der Waals surface area contributed by atoms with Crippen LogP contribution in [0.15, 0.2) is 42.6 Å². The Morgan fingerprint density at radius 3 is 2.82 bits per heavy atom. The van der Waals surface area contributed by atoms with E-state index in [1.807, 2.05) is 28.8 Å². The number of ether oxygens (including phenoxy) is 2. The van der Waals surface area contributed by atoms with E-state index < -0.39 is 0 Å². The van der Waals surface area contributed by atoms with E-state index in [0.717, 1.165) is 56.3 Å². The normalized spacial score (nSPS) is 22.7. The minimum absolute atomic E-state index is 0.0139. The third-order valence-electron chi connectivity index (χ3n) is 5.62. The number of nitrogens with zero attached hydrogens (tertiary/aromatic N) is 4. The minimum atomic E-state index is 0.0139. The van der Waals surface area contributed by atoms with Crippen LogP contribution in [0.4, 0.5) is 5.95 Å². The van der Waals surface area contributed by atoms with Crippen LogP contribution in [0.25, 0.3) is 5.65 Å². The van der Waals surface area contributed by atoms with Crippen LogP contribution in [-0.4, -0.2) is 40.9 Å². The Labute approximate surface area is 164 Å². The van der Waals surface area contributed by atoms with Crippen molar-refractivity contribution in [3.63, 3.8) is 0 Å². The topological polar surface area (TPSA) is 77.9 Å². The van der Waals surface area contributed by atoms with Crippen molar-refractivity contribution in [2.45, 2.75) is 31.4 Å². The van der Waals surface area contributed by atoms with Crippen molar-refractivity contribution in [3.8, 4) is 5.75 Å². The molecular weight excluding hydrogens is 354 g/mol. The summed E-state index contributed by atoms with van der Waals surface area (Å²) in [5, 5.41) is 8.72. The highest BCUT2D eigenvalue weighted by Gasteiger charge is 2.26. The van der Waals surface area contributed by atoms with Crippen molar-refractivity contribution < 1.29 is 9.47 Å². The fraction of sp³-hybridized carbons (Fsp3) is 0.429. The first-order valence-electron chi connectivity index (χ1n) is 9.98. The molecule has 1 aliphatic heterocycles. The van der Waals surface area contributed by atoms with E-state index in [0.29, 0.717) is 6.61 Å². The highest BCUT2D eigenvalue weighted by atomic mass is 16.5. The Bertz CT molecular complexity index is 964. The van der Waals surface area contributed by atoms with E-state index in [9.17, 15) is 0 Å². The molecule has 3 aromatic rings. The second-order valence-electron chi connectivity index (χ2n) is 7.47. The molecule has 2 unspecified atom stereocenters. The van der Waals surface area contributed by atoms with Crippen molar-refractivity contribution in [3.05, 3.63) is 53.7 Å². The lowest BCUT2D eigenvalue weighted by atomic mass is 9.86. The Kier molecular flexibility index (Phi) is 4.62. The fourth-order valence-corrected chi connectivity index (χ4v) is 4.16. The van der Waals surface area contributed by atoms with E-state index in [1.54, 1.807) is 0 Å². The first-order chi connectivity index (χ1) is 13.8. The van der Waals surface area contributed by atoms with Crippen LogP contribution < -0.4 is 15.4 Å². The SMILES string of the molecule is NC1CCC(Oc2ccc3nnc(N4CCCOCC4)n3c2)c2ccccc21. The van der Waals surface area contributed by atoms with Crippen LogP contribution in [0.1, 0.15) is 42.5 Å². The van der Waals surface area contributed by atoms with Gasteiger partial charge in [0.25, 0.3) is 0 Å². The lowest BCUT2D eigenvalue weighted by Gasteiger charge is -2.30. The molecule has 5 rings (SSSR count). The zero-order chi connectivity index (χ0) is 18.9. The van der Waals surface area contributed by atoms with E-state index in [-0.39, 0.29) is 12.1 Å². The van der Waals surface area contributed by atoms with Crippen LogP contribution in [0.5, 0.6) is 5.75 Å². The predicted octanol–water partition coefficient (Wildman–Crippen LogP) is 2.87. The number of aromatic nitrogens is 3. The molecule has 0 amide bonds. The summed E-state index contributed by atoms with van der Waals surface area (Å²) < 4.78 is 14.0. The Morgan fingerprint density at radius 2 is 1.89 bits per heavy atom. The summed E-state index contributed by atoms with van der Waals surface area (Å²) in [4.78, 5) is 2.23. The molecule has 0 bridgehead atoms. The summed E-state index contributed by atoms with van der Waals surface area (Å²) in [6.07, 6.45) is 4.84. The van der Waals surface area contributed by atoms with E-state index in [2.05, 4.69) is 33.3 Å². The van der Waals surface area contributed by atoms with Gasteiger partial charge >= 0.3 is 0 Å². The van der Waals surface area contributed by atoms with Crippen LogP contribution in [0, 0.1) is 0 Å². The maximum absolute atomic E-state index is 6.40. The zero-order valence-corrected chi connectivity index (χ0v) is 15.8. The summed E-state index contributed by atoms with van der Waals surface area (Å²) in [5.41, 5.74) is 9.48. The van der Waals surface area contributed by atoms with Gasteiger partial charge in [-0.3, -0.25) is 4.40 Å². The molecule has 7 heteroatoms. The number of benzene rings is 1. The molecule has 3 heterocycles. The molecule has 1 saturated heterocycles. The number of anilines is 1. The summed E-state index contributed by atoms with van der Waals surface area (Å²) >= 11 is 0. The summed E-state index contributed by atoms with van der Waals surface area (Å²) in [7, 11) is 0. The first-order valence-corrected chi connectivity index (χ1v) is 9.98. The monoisotopic (exact) mass is 379 g/mol. The van der Waals surface area contributed by atoms with Crippen molar-refractivity contribution in [1.82, 2.24) is 14.6 Å². The second-order valence-corrected chi connectivity index (χ2v) is 7.47. The van der Waals surface area contributed by atoms with Gasteiger partial charge in [-0.05, 0) is 42.5 Å². The lowest BCUT2D eigenvalue weighted by Crippen LogP contribution is -2.27. The van der Waals surface area contributed by atoms with Gasteiger partial charge in [0.15, 0.2) is 5.65 Å². The smallest absolute Gasteiger partial charge is 0.231 e. The Morgan fingerprint density at radius 1 is 1.00 bits per heavy atom. The first kappa shape index (κ1) is 17.5. The third-order valence-corrected chi connectivity index (χ3v) is 5.62.